The van der Waals surface area contributed by atoms with Gasteiger partial charge in [-0.3, -0.25) is 4.79 Å². The van der Waals surface area contributed by atoms with E-state index >= 15 is 0 Å². The van der Waals surface area contributed by atoms with Crippen molar-refractivity contribution in [3.8, 4) is 22.6 Å². The molecule has 1 heterocycles. The van der Waals surface area contributed by atoms with Gasteiger partial charge >= 0.3 is 18.5 Å². The summed E-state index contributed by atoms with van der Waals surface area (Å²) >= 11 is 0. The Kier molecular flexibility index (Phi) is 8.80. The molecule has 0 bridgehead atoms. The normalized spacial score (nSPS) is 12.9. The topological polar surface area (TPSA) is 93.5 Å². The van der Waals surface area contributed by atoms with E-state index in [1.807, 2.05) is 20.8 Å². The number of carboxylic acid groups (broad SMARTS) is 1. The van der Waals surface area contributed by atoms with Gasteiger partial charge in [0.2, 0.25) is 0 Å². The van der Waals surface area contributed by atoms with Crippen LogP contribution >= 0.6 is 0 Å². The maximum Gasteiger partial charge on any atom is 0.573 e. The molecule has 0 aliphatic carbocycles. The molecule has 1 amide bonds. The Bertz CT molecular complexity index is 1620. The molecule has 44 heavy (non-hydrogen) atoms. The largest absolute Gasteiger partial charge is 0.573 e. The van der Waals surface area contributed by atoms with E-state index in [-0.39, 0.29) is 17.5 Å². The molecule has 1 atom stereocenters. The van der Waals surface area contributed by atoms with Crippen LogP contribution in [-0.4, -0.2) is 39.2 Å². The molecule has 4 rings (SSSR count). The second-order valence-corrected chi connectivity index (χ2v) is 11.0. The van der Waals surface area contributed by atoms with Gasteiger partial charge in [-0.05, 0) is 51.9 Å². The van der Waals surface area contributed by atoms with Crippen LogP contribution in [0.4, 0.5) is 26.3 Å². The molecule has 2 N–H and O–H groups in total. The molecule has 7 nitrogen and oxygen atoms in total. The fourth-order valence-electron chi connectivity index (χ4n) is 4.44. The first kappa shape index (κ1) is 32.1. The number of benzene rings is 3. The highest BCUT2D eigenvalue weighted by Gasteiger charge is 2.41. The zero-order chi connectivity index (χ0) is 32.4. The van der Waals surface area contributed by atoms with Gasteiger partial charge in [-0.25, -0.2) is 9.48 Å². The molecule has 0 radical (unpaired) electrons. The molecule has 0 aliphatic rings. The van der Waals surface area contributed by atoms with Crippen LogP contribution in [0.25, 0.3) is 16.8 Å². The number of carboxylic acids is 1. The maximum atomic E-state index is 14.2. The van der Waals surface area contributed by atoms with Crippen molar-refractivity contribution >= 4 is 11.9 Å². The number of aromatic nitrogens is 2. The molecule has 4 aromatic rings. The van der Waals surface area contributed by atoms with Crippen LogP contribution in [0.2, 0.25) is 0 Å². The molecule has 0 fully saturated rings. The highest BCUT2D eigenvalue weighted by molar-refractivity contribution is 5.97. The Labute approximate surface area is 248 Å². The van der Waals surface area contributed by atoms with Gasteiger partial charge in [-0.2, -0.15) is 18.3 Å². The average molecular weight is 620 g/mol. The molecule has 232 valence electrons. The number of hydrogen-bond acceptors (Lipinski definition) is 4. The minimum atomic E-state index is -4.99. The molecular formula is C31H27F6N3O4. The van der Waals surface area contributed by atoms with Crippen molar-refractivity contribution in [3.05, 3.63) is 101 Å². The van der Waals surface area contributed by atoms with E-state index in [1.165, 1.54) is 36.4 Å². The lowest BCUT2D eigenvalue weighted by Gasteiger charge is -2.20. The number of aliphatic carboxylic acids is 1. The van der Waals surface area contributed by atoms with Gasteiger partial charge in [-0.1, -0.05) is 69.3 Å². The summed E-state index contributed by atoms with van der Waals surface area (Å²) in [4.78, 5) is 25.0. The number of alkyl halides is 6. The molecule has 0 aliphatic heterocycles. The SMILES string of the molecule is CC(C)(C)c1ccc(-n2ncc(C(=O)NC(Cc3ccc(-c4ccc(OC(F)(F)F)cc4)cc3)C(=O)O)c2C(F)(F)F)cc1. The summed E-state index contributed by atoms with van der Waals surface area (Å²) in [6, 6.07) is 16.0. The lowest BCUT2D eigenvalue weighted by atomic mass is 9.87. The Morgan fingerprint density at radius 3 is 1.89 bits per heavy atom. The number of halogens is 6. The number of nitrogens with zero attached hydrogens (tertiary/aromatic N) is 2. The Hall–Kier alpha value is -4.81. The van der Waals surface area contributed by atoms with Crippen LogP contribution in [-0.2, 0) is 22.8 Å². The minimum Gasteiger partial charge on any atom is -0.480 e. The van der Waals surface area contributed by atoms with E-state index in [0.717, 1.165) is 23.9 Å². The minimum absolute atomic E-state index is 0.0711. The zero-order valence-electron chi connectivity index (χ0n) is 23.6. The highest BCUT2D eigenvalue weighted by Crippen LogP contribution is 2.34. The van der Waals surface area contributed by atoms with E-state index in [9.17, 15) is 41.0 Å². The predicted molar refractivity (Wildman–Crippen MR) is 148 cm³/mol. The summed E-state index contributed by atoms with van der Waals surface area (Å²) in [7, 11) is 0. The highest BCUT2D eigenvalue weighted by atomic mass is 19.4. The molecule has 0 saturated carbocycles. The molecule has 0 saturated heterocycles. The number of hydrogen-bond donors (Lipinski definition) is 2. The molecule has 0 spiro atoms. The van der Waals surface area contributed by atoms with Crippen molar-refractivity contribution in [2.45, 2.75) is 51.2 Å². The van der Waals surface area contributed by atoms with E-state index in [0.29, 0.717) is 21.4 Å². The van der Waals surface area contributed by atoms with Crippen LogP contribution in [0.15, 0.2) is 79.0 Å². The van der Waals surface area contributed by atoms with Crippen LogP contribution < -0.4 is 10.1 Å². The summed E-state index contributed by atoms with van der Waals surface area (Å²) in [6.45, 7) is 5.85. The first-order valence-electron chi connectivity index (χ1n) is 13.2. The zero-order valence-corrected chi connectivity index (χ0v) is 23.6. The fourth-order valence-corrected chi connectivity index (χ4v) is 4.44. The van der Waals surface area contributed by atoms with E-state index in [1.54, 1.807) is 24.3 Å². The van der Waals surface area contributed by atoms with Crippen molar-refractivity contribution in [1.82, 2.24) is 15.1 Å². The van der Waals surface area contributed by atoms with E-state index in [4.69, 9.17) is 0 Å². The first-order chi connectivity index (χ1) is 20.4. The number of ether oxygens (including phenoxy) is 1. The van der Waals surface area contributed by atoms with E-state index < -0.39 is 47.5 Å². The molecular weight excluding hydrogens is 592 g/mol. The van der Waals surface area contributed by atoms with Crippen LogP contribution in [0.3, 0.4) is 0 Å². The number of carbonyl (C=O) groups is 2. The monoisotopic (exact) mass is 619 g/mol. The number of rotatable bonds is 8. The summed E-state index contributed by atoms with van der Waals surface area (Å²) in [6.07, 6.45) is -9.33. The van der Waals surface area contributed by atoms with Gasteiger partial charge < -0.3 is 15.2 Å². The molecule has 1 unspecified atom stereocenters. The number of amides is 1. The predicted octanol–water partition coefficient (Wildman–Crippen LogP) is 7.18. The third-order valence-corrected chi connectivity index (χ3v) is 6.68. The summed E-state index contributed by atoms with van der Waals surface area (Å²) in [5.41, 5.74) is 0.111. The number of carbonyl (C=O) groups excluding carboxylic acids is 1. The summed E-state index contributed by atoms with van der Waals surface area (Å²) < 4.78 is 84.1. The smallest absolute Gasteiger partial charge is 0.480 e. The van der Waals surface area contributed by atoms with Gasteiger partial charge in [0, 0.05) is 6.42 Å². The van der Waals surface area contributed by atoms with Crippen molar-refractivity contribution in [2.75, 3.05) is 0 Å². The van der Waals surface area contributed by atoms with Gasteiger partial charge in [-0.15, -0.1) is 13.2 Å². The average Bonchev–Trinajstić information content (AvgIpc) is 3.39. The van der Waals surface area contributed by atoms with Crippen molar-refractivity contribution in [1.29, 1.82) is 0 Å². The molecule has 1 aromatic heterocycles. The third kappa shape index (κ3) is 7.77. The van der Waals surface area contributed by atoms with Crippen molar-refractivity contribution in [3.63, 3.8) is 0 Å². The second-order valence-electron chi connectivity index (χ2n) is 11.0. The first-order valence-corrected chi connectivity index (χ1v) is 13.2. The van der Waals surface area contributed by atoms with Gasteiger partial charge in [0.15, 0.2) is 5.69 Å². The second kappa shape index (κ2) is 12.1. The Balaban J connectivity index is 1.52. The molecule has 3 aromatic carbocycles. The fraction of sp³-hybridized carbons (Fsp3) is 0.258. The summed E-state index contributed by atoms with van der Waals surface area (Å²) in [5.74, 6) is -3.13. The van der Waals surface area contributed by atoms with Crippen LogP contribution in [0, 0.1) is 0 Å². The lowest BCUT2D eigenvalue weighted by Crippen LogP contribution is -2.42. The van der Waals surface area contributed by atoms with Crippen LogP contribution in [0.1, 0.15) is 48.0 Å². The van der Waals surface area contributed by atoms with Gasteiger partial charge in [0.25, 0.3) is 5.91 Å². The lowest BCUT2D eigenvalue weighted by molar-refractivity contribution is -0.274. The summed E-state index contributed by atoms with van der Waals surface area (Å²) in [5, 5.41) is 15.7. The Morgan fingerprint density at radius 2 is 1.41 bits per heavy atom. The van der Waals surface area contributed by atoms with Crippen molar-refractivity contribution in [2.24, 2.45) is 0 Å². The maximum absolute atomic E-state index is 14.2. The third-order valence-electron chi connectivity index (χ3n) is 6.68. The van der Waals surface area contributed by atoms with Crippen LogP contribution in [0.5, 0.6) is 5.75 Å². The Morgan fingerprint density at radius 1 is 0.864 bits per heavy atom. The van der Waals surface area contributed by atoms with Gasteiger partial charge in [0.1, 0.15) is 11.8 Å². The quantitative estimate of drug-likeness (QED) is 0.204. The van der Waals surface area contributed by atoms with Gasteiger partial charge in [0.05, 0.1) is 17.4 Å². The number of nitrogens with one attached hydrogen (secondary N) is 1. The molecule has 13 heteroatoms. The van der Waals surface area contributed by atoms with Crippen molar-refractivity contribution < 1.29 is 45.8 Å². The van der Waals surface area contributed by atoms with E-state index in [2.05, 4.69) is 15.2 Å². The standard InChI is InChI=1S/C31H27F6N3O4/c1-29(2,3)21-10-12-22(13-11-21)40-26(30(32,33)34)24(17-38-40)27(41)39-25(28(42)43)16-18-4-6-19(7-5-18)20-8-14-23(15-9-20)44-31(35,36)37/h4-15,17,25H,16H2,1-3H3,(H,39,41)(H,42,43).